The van der Waals surface area contributed by atoms with Crippen LogP contribution in [0, 0.1) is 5.92 Å². The highest BCUT2D eigenvalue weighted by atomic mass is 32.1. The van der Waals surface area contributed by atoms with E-state index in [1.165, 1.54) is 6.07 Å². The van der Waals surface area contributed by atoms with Crippen molar-refractivity contribution in [2.45, 2.75) is 19.4 Å². The molecule has 3 amide bonds. The highest BCUT2D eigenvalue weighted by molar-refractivity contribution is 7.14. The van der Waals surface area contributed by atoms with Crippen molar-refractivity contribution < 1.29 is 23.9 Å². The van der Waals surface area contributed by atoms with Crippen molar-refractivity contribution in [2.75, 3.05) is 18.5 Å². The minimum absolute atomic E-state index is 0.0500. The number of primary amides is 1. The van der Waals surface area contributed by atoms with Crippen molar-refractivity contribution in [3.05, 3.63) is 52.9 Å². The van der Waals surface area contributed by atoms with Gasteiger partial charge in [-0.3, -0.25) is 19.2 Å². The number of rotatable bonds is 7. The number of carbonyl (C=O) groups is 4. The smallest absolute Gasteiger partial charge is 0.311 e. The number of carbonyl (C=O) groups excluding carboxylic acids is 4. The fourth-order valence-corrected chi connectivity index (χ4v) is 4.00. The second-order valence-electron chi connectivity index (χ2n) is 6.72. The number of hydrogen-bond acceptors (Lipinski definition) is 6. The maximum atomic E-state index is 12.4. The number of anilines is 1. The summed E-state index contributed by atoms with van der Waals surface area (Å²) in [5.41, 5.74) is 6.40. The summed E-state index contributed by atoms with van der Waals surface area (Å²) in [4.78, 5) is 49.6. The van der Waals surface area contributed by atoms with Gasteiger partial charge in [0, 0.05) is 13.0 Å². The van der Waals surface area contributed by atoms with Crippen molar-refractivity contribution in [3.63, 3.8) is 0 Å². The molecule has 3 N–H and O–H groups in total. The Morgan fingerprint density at radius 2 is 2.00 bits per heavy atom. The molecule has 0 spiro atoms. The number of nitrogens with one attached hydrogen (secondary N) is 1. The molecular weight excluding hydrogens is 394 g/mol. The monoisotopic (exact) mass is 415 g/mol. The first kappa shape index (κ1) is 20.5. The normalized spacial score (nSPS) is 17.1. The number of nitrogens with two attached hydrogens (primary N) is 1. The van der Waals surface area contributed by atoms with Crippen molar-refractivity contribution in [2.24, 2.45) is 11.7 Å². The van der Waals surface area contributed by atoms with E-state index >= 15 is 0 Å². The third-order valence-electron chi connectivity index (χ3n) is 4.77. The van der Waals surface area contributed by atoms with Gasteiger partial charge >= 0.3 is 5.97 Å². The molecule has 3 rings (SSSR count). The number of nitrogens with zero attached hydrogens (tertiary/aromatic N) is 1. The molecule has 1 aromatic heterocycles. The summed E-state index contributed by atoms with van der Waals surface area (Å²) in [6, 6.07) is 10.9. The SMILES string of the molecule is C[C@H](c1ccccc1)N1C[C@H](C(=O)OCC(=O)Nc2sccc2C(N)=O)CC1=O. The molecule has 2 atom stereocenters. The van der Waals surface area contributed by atoms with E-state index in [0.29, 0.717) is 5.00 Å². The van der Waals surface area contributed by atoms with Crippen LogP contribution in [0.4, 0.5) is 5.00 Å². The van der Waals surface area contributed by atoms with Crippen LogP contribution in [-0.2, 0) is 19.1 Å². The Morgan fingerprint density at radius 3 is 2.69 bits per heavy atom. The maximum absolute atomic E-state index is 12.4. The van der Waals surface area contributed by atoms with Crippen molar-refractivity contribution in [1.82, 2.24) is 4.90 Å². The quantitative estimate of drug-likeness (QED) is 0.670. The van der Waals surface area contributed by atoms with Gasteiger partial charge in [0.25, 0.3) is 11.8 Å². The molecule has 1 aliphatic rings. The predicted octanol–water partition coefficient (Wildman–Crippen LogP) is 1.94. The summed E-state index contributed by atoms with van der Waals surface area (Å²) in [6.07, 6.45) is 0.0500. The summed E-state index contributed by atoms with van der Waals surface area (Å²) < 4.78 is 5.08. The van der Waals surface area contributed by atoms with Gasteiger partial charge in [-0.15, -0.1) is 11.3 Å². The van der Waals surface area contributed by atoms with Crippen LogP contribution in [0.1, 0.15) is 35.3 Å². The fourth-order valence-electron chi connectivity index (χ4n) is 3.19. The van der Waals surface area contributed by atoms with Crippen LogP contribution in [0.25, 0.3) is 0 Å². The molecule has 0 saturated carbocycles. The van der Waals surface area contributed by atoms with Crippen LogP contribution >= 0.6 is 11.3 Å². The van der Waals surface area contributed by atoms with Crippen LogP contribution in [0.5, 0.6) is 0 Å². The number of esters is 1. The van der Waals surface area contributed by atoms with E-state index < -0.39 is 30.3 Å². The second-order valence-corrected chi connectivity index (χ2v) is 7.63. The zero-order chi connectivity index (χ0) is 21.0. The molecule has 0 bridgehead atoms. The lowest BCUT2D eigenvalue weighted by Gasteiger charge is -2.25. The number of ether oxygens (including phenoxy) is 1. The molecule has 29 heavy (non-hydrogen) atoms. The Hall–Kier alpha value is -3.20. The van der Waals surface area contributed by atoms with E-state index in [2.05, 4.69) is 5.32 Å². The number of hydrogen-bond donors (Lipinski definition) is 2. The zero-order valence-corrected chi connectivity index (χ0v) is 16.6. The molecule has 1 aliphatic heterocycles. The summed E-state index contributed by atoms with van der Waals surface area (Å²) in [7, 11) is 0. The number of benzene rings is 1. The summed E-state index contributed by atoms with van der Waals surface area (Å²) >= 11 is 1.14. The maximum Gasteiger partial charge on any atom is 0.311 e. The molecule has 2 heterocycles. The van der Waals surface area contributed by atoms with Gasteiger partial charge in [0.1, 0.15) is 5.00 Å². The first-order valence-electron chi connectivity index (χ1n) is 9.05. The van der Waals surface area contributed by atoms with E-state index in [4.69, 9.17) is 10.5 Å². The fraction of sp³-hybridized carbons (Fsp3) is 0.300. The zero-order valence-electron chi connectivity index (χ0n) is 15.8. The van der Waals surface area contributed by atoms with Gasteiger partial charge in [-0.25, -0.2) is 0 Å². The van der Waals surface area contributed by atoms with Crippen LogP contribution in [0.15, 0.2) is 41.8 Å². The van der Waals surface area contributed by atoms with Gasteiger partial charge in [0.2, 0.25) is 5.91 Å². The second kappa shape index (κ2) is 8.87. The molecule has 0 radical (unpaired) electrons. The molecule has 8 nitrogen and oxygen atoms in total. The average Bonchev–Trinajstić information content (AvgIpc) is 3.33. The molecule has 152 valence electrons. The lowest BCUT2D eigenvalue weighted by molar-refractivity contribution is -0.151. The van der Waals surface area contributed by atoms with Crippen molar-refractivity contribution in [3.8, 4) is 0 Å². The average molecular weight is 415 g/mol. The van der Waals surface area contributed by atoms with E-state index in [-0.39, 0.29) is 30.5 Å². The van der Waals surface area contributed by atoms with Crippen LogP contribution in [-0.4, -0.2) is 41.7 Å². The predicted molar refractivity (Wildman–Crippen MR) is 107 cm³/mol. The van der Waals surface area contributed by atoms with Crippen LogP contribution in [0.3, 0.4) is 0 Å². The Morgan fingerprint density at radius 1 is 1.28 bits per heavy atom. The number of thiophene rings is 1. The van der Waals surface area contributed by atoms with Gasteiger partial charge < -0.3 is 20.7 Å². The first-order valence-corrected chi connectivity index (χ1v) is 9.93. The molecule has 1 fully saturated rings. The van der Waals surface area contributed by atoms with Crippen molar-refractivity contribution >= 4 is 40.0 Å². The van der Waals surface area contributed by atoms with E-state index in [1.807, 2.05) is 37.3 Å². The summed E-state index contributed by atoms with van der Waals surface area (Å²) in [5, 5.41) is 4.42. The Kier molecular flexibility index (Phi) is 6.28. The van der Waals surface area contributed by atoms with Gasteiger partial charge in [-0.2, -0.15) is 0 Å². The summed E-state index contributed by atoms with van der Waals surface area (Å²) in [5.74, 6) is -2.59. The van der Waals surface area contributed by atoms with E-state index in [1.54, 1.807) is 10.3 Å². The van der Waals surface area contributed by atoms with Gasteiger partial charge in [0.15, 0.2) is 6.61 Å². The topological polar surface area (TPSA) is 119 Å². The Bertz CT molecular complexity index is 927. The lowest BCUT2D eigenvalue weighted by Crippen LogP contribution is -2.30. The minimum atomic E-state index is -0.657. The molecule has 1 aromatic carbocycles. The standard InChI is InChI=1S/C20H21N3O5S/c1-12(13-5-3-2-4-6-13)23-10-14(9-17(23)25)20(27)28-11-16(24)22-19-15(18(21)26)7-8-29-19/h2-8,12,14H,9-11H2,1H3,(H2,21,26)(H,22,24)/t12-,14-/m1/s1. The third-order valence-corrected chi connectivity index (χ3v) is 5.60. The molecular formula is C20H21N3O5S. The van der Waals surface area contributed by atoms with Gasteiger partial charge in [-0.1, -0.05) is 30.3 Å². The number of likely N-dealkylation sites (tertiary alicyclic amines) is 1. The van der Waals surface area contributed by atoms with Gasteiger partial charge in [0.05, 0.1) is 17.5 Å². The first-order chi connectivity index (χ1) is 13.9. The lowest BCUT2D eigenvalue weighted by atomic mass is 10.1. The minimum Gasteiger partial charge on any atom is -0.455 e. The number of amides is 3. The third kappa shape index (κ3) is 4.80. The van der Waals surface area contributed by atoms with Crippen molar-refractivity contribution in [1.29, 1.82) is 0 Å². The van der Waals surface area contributed by atoms with E-state index in [0.717, 1.165) is 16.9 Å². The Labute approximate surface area is 171 Å². The molecule has 0 unspecified atom stereocenters. The summed E-state index contributed by atoms with van der Waals surface area (Å²) in [6.45, 7) is 1.64. The molecule has 0 aliphatic carbocycles. The molecule has 9 heteroatoms. The van der Waals surface area contributed by atoms with Crippen LogP contribution < -0.4 is 11.1 Å². The molecule has 1 saturated heterocycles. The van der Waals surface area contributed by atoms with Gasteiger partial charge in [-0.05, 0) is 23.9 Å². The van der Waals surface area contributed by atoms with Crippen LogP contribution in [0.2, 0.25) is 0 Å². The highest BCUT2D eigenvalue weighted by Gasteiger charge is 2.38. The Balaban J connectivity index is 1.52. The molecule has 2 aromatic rings. The largest absolute Gasteiger partial charge is 0.455 e. The van der Waals surface area contributed by atoms with E-state index in [9.17, 15) is 19.2 Å². The highest BCUT2D eigenvalue weighted by Crippen LogP contribution is 2.29.